The Morgan fingerprint density at radius 1 is 1.14 bits per heavy atom. The molecule has 1 aromatic heterocycles. The van der Waals surface area contributed by atoms with Gasteiger partial charge in [0.25, 0.3) is 5.91 Å². The third kappa shape index (κ3) is 3.73. The van der Waals surface area contributed by atoms with Crippen LogP contribution in [-0.4, -0.2) is 30.0 Å². The molecule has 5 nitrogen and oxygen atoms in total. The van der Waals surface area contributed by atoms with Crippen LogP contribution in [0.25, 0.3) is 10.9 Å². The van der Waals surface area contributed by atoms with Crippen molar-refractivity contribution in [2.45, 2.75) is 20.3 Å². The number of benzene rings is 2. The molecular weight excluding hydrogens is 399 g/mol. The fourth-order valence-corrected chi connectivity index (χ4v) is 3.62. The first kappa shape index (κ1) is 20.2. The lowest BCUT2D eigenvalue weighted by Crippen LogP contribution is -2.24. The highest BCUT2D eigenvalue weighted by Crippen LogP contribution is 2.35. The first-order valence-corrected chi connectivity index (χ1v) is 9.57. The van der Waals surface area contributed by atoms with Gasteiger partial charge in [-0.25, -0.2) is 0 Å². The molecule has 1 amide bonds. The molecule has 1 heterocycles. The summed E-state index contributed by atoms with van der Waals surface area (Å²) in [5.41, 5.74) is 2.56. The summed E-state index contributed by atoms with van der Waals surface area (Å²) in [6.07, 6.45) is 0.155. The Kier molecular flexibility index (Phi) is 5.96. The van der Waals surface area contributed by atoms with Gasteiger partial charge in [0.05, 0.1) is 24.1 Å². The van der Waals surface area contributed by atoms with Crippen LogP contribution >= 0.6 is 23.2 Å². The molecule has 0 unspecified atom stereocenters. The predicted octanol–water partition coefficient (Wildman–Crippen LogP) is 4.63. The molecule has 0 bridgehead atoms. The maximum absolute atomic E-state index is 13.2. The average molecular weight is 419 g/mol. The number of amides is 1. The van der Waals surface area contributed by atoms with Crippen LogP contribution in [0.15, 0.2) is 36.4 Å². The molecule has 0 aliphatic heterocycles. The quantitative estimate of drug-likeness (QED) is 0.656. The Balaban J connectivity index is 2.22. The zero-order valence-electron chi connectivity index (χ0n) is 15.8. The summed E-state index contributed by atoms with van der Waals surface area (Å²) in [5, 5.41) is 4.50. The first-order chi connectivity index (χ1) is 13.4. The number of methoxy groups -OCH3 is 1. The highest BCUT2D eigenvalue weighted by Gasteiger charge is 2.23. The van der Waals surface area contributed by atoms with Crippen molar-refractivity contribution in [3.05, 3.63) is 63.3 Å². The van der Waals surface area contributed by atoms with Crippen molar-refractivity contribution in [2.24, 2.45) is 0 Å². The van der Waals surface area contributed by atoms with Crippen molar-refractivity contribution < 1.29 is 14.3 Å². The fourth-order valence-electron chi connectivity index (χ4n) is 3.26. The molecule has 0 aliphatic rings. The molecule has 0 fully saturated rings. The van der Waals surface area contributed by atoms with E-state index in [0.717, 1.165) is 10.9 Å². The van der Waals surface area contributed by atoms with E-state index in [1.807, 2.05) is 13.8 Å². The molecule has 0 radical (unpaired) electrons. The number of carbonyl (C=O) groups excluding carboxylic acids is 2. The number of rotatable bonds is 5. The predicted molar refractivity (Wildman–Crippen MR) is 112 cm³/mol. The van der Waals surface area contributed by atoms with Crippen molar-refractivity contribution in [1.82, 2.24) is 9.88 Å². The van der Waals surface area contributed by atoms with Crippen LogP contribution in [0.5, 0.6) is 5.75 Å². The number of halogens is 2. The molecule has 0 spiro atoms. The second-order valence-corrected chi connectivity index (χ2v) is 7.19. The second kappa shape index (κ2) is 8.25. The van der Waals surface area contributed by atoms with Gasteiger partial charge in [0.15, 0.2) is 0 Å². The van der Waals surface area contributed by atoms with Gasteiger partial charge >= 0.3 is 0 Å². The summed E-state index contributed by atoms with van der Waals surface area (Å²) in [5.74, 6) is 0.155. The monoisotopic (exact) mass is 418 g/mol. The fraction of sp³-hybridized carbons (Fsp3) is 0.238. The molecule has 28 heavy (non-hydrogen) atoms. The van der Waals surface area contributed by atoms with Crippen LogP contribution in [-0.2, 0) is 11.2 Å². The maximum atomic E-state index is 13.2. The van der Waals surface area contributed by atoms with Gasteiger partial charge in [0.2, 0.25) is 5.91 Å². The van der Waals surface area contributed by atoms with E-state index < -0.39 is 0 Å². The Labute approximate surface area is 173 Å². The van der Waals surface area contributed by atoms with Gasteiger partial charge in [-0.3, -0.25) is 14.2 Å². The molecule has 3 aromatic rings. The number of likely N-dealkylation sites (N-methyl/N-ethyl adjacent to an activating group) is 1. The van der Waals surface area contributed by atoms with E-state index in [1.165, 1.54) is 7.11 Å². The topological polar surface area (TPSA) is 60.3 Å². The molecule has 7 heteroatoms. The number of nitrogens with zero attached hydrogens (tertiary/aromatic N) is 1. The van der Waals surface area contributed by atoms with Crippen LogP contribution in [0.2, 0.25) is 10.0 Å². The smallest absolute Gasteiger partial charge is 0.262 e. The van der Waals surface area contributed by atoms with Crippen molar-refractivity contribution in [3.63, 3.8) is 0 Å². The van der Waals surface area contributed by atoms with Crippen LogP contribution in [0.3, 0.4) is 0 Å². The zero-order valence-corrected chi connectivity index (χ0v) is 17.3. The van der Waals surface area contributed by atoms with Crippen LogP contribution in [0.4, 0.5) is 0 Å². The van der Waals surface area contributed by atoms with Crippen molar-refractivity contribution in [3.8, 4) is 5.75 Å². The van der Waals surface area contributed by atoms with E-state index in [0.29, 0.717) is 39.1 Å². The lowest BCUT2D eigenvalue weighted by molar-refractivity contribution is -0.120. The van der Waals surface area contributed by atoms with Crippen LogP contribution < -0.4 is 10.1 Å². The Hall–Kier alpha value is -2.50. The van der Waals surface area contributed by atoms with Gasteiger partial charge in [-0.05, 0) is 55.8 Å². The Bertz CT molecular complexity index is 1060. The maximum Gasteiger partial charge on any atom is 0.262 e. The van der Waals surface area contributed by atoms with Gasteiger partial charge in [-0.2, -0.15) is 0 Å². The number of carbonyl (C=O) groups is 2. The van der Waals surface area contributed by atoms with E-state index in [4.69, 9.17) is 27.9 Å². The number of aromatic nitrogens is 1. The standard InChI is InChI=1S/C21H20Cl2N2O3/c1-4-24-20(26)10-15-12(2)25(21(27)13-5-7-14(22)8-6-13)18-11-17(23)19(28-3)9-16(15)18/h5-9,11H,4,10H2,1-3H3,(H,24,26). The van der Waals surface area contributed by atoms with Gasteiger partial charge in [0, 0.05) is 28.2 Å². The van der Waals surface area contributed by atoms with E-state index in [-0.39, 0.29) is 18.2 Å². The zero-order chi connectivity index (χ0) is 20.4. The number of hydrogen-bond acceptors (Lipinski definition) is 3. The van der Waals surface area contributed by atoms with E-state index in [1.54, 1.807) is 41.0 Å². The summed E-state index contributed by atoms with van der Waals surface area (Å²) >= 11 is 12.3. The molecule has 0 atom stereocenters. The van der Waals surface area contributed by atoms with Crippen LogP contribution in [0, 0.1) is 6.92 Å². The molecule has 146 valence electrons. The lowest BCUT2D eigenvalue weighted by Gasteiger charge is -2.09. The summed E-state index contributed by atoms with van der Waals surface area (Å²) in [6.45, 7) is 4.22. The van der Waals surface area contributed by atoms with Crippen molar-refractivity contribution >= 4 is 45.9 Å². The number of fused-ring (bicyclic) bond motifs is 1. The van der Waals surface area contributed by atoms with Crippen molar-refractivity contribution in [2.75, 3.05) is 13.7 Å². The third-order valence-corrected chi connectivity index (χ3v) is 5.16. The number of nitrogens with one attached hydrogen (secondary N) is 1. The van der Waals surface area contributed by atoms with E-state index in [9.17, 15) is 9.59 Å². The van der Waals surface area contributed by atoms with Crippen LogP contribution in [0.1, 0.15) is 28.5 Å². The molecular formula is C21H20Cl2N2O3. The number of hydrogen-bond donors (Lipinski definition) is 1. The molecule has 1 N–H and O–H groups in total. The molecule has 0 saturated carbocycles. The van der Waals surface area contributed by atoms with Gasteiger partial charge < -0.3 is 10.1 Å². The Morgan fingerprint density at radius 3 is 2.43 bits per heavy atom. The first-order valence-electron chi connectivity index (χ1n) is 8.81. The minimum Gasteiger partial charge on any atom is -0.495 e. The lowest BCUT2D eigenvalue weighted by atomic mass is 10.1. The summed E-state index contributed by atoms with van der Waals surface area (Å²) in [7, 11) is 1.53. The van der Waals surface area contributed by atoms with E-state index in [2.05, 4.69) is 5.32 Å². The summed E-state index contributed by atoms with van der Waals surface area (Å²) < 4.78 is 6.91. The van der Waals surface area contributed by atoms with Gasteiger partial charge in [-0.15, -0.1) is 0 Å². The minimum atomic E-state index is -0.220. The molecule has 0 saturated heterocycles. The summed E-state index contributed by atoms with van der Waals surface area (Å²) in [4.78, 5) is 25.5. The second-order valence-electron chi connectivity index (χ2n) is 6.35. The molecule has 3 rings (SSSR count). The number of ether oxygens (including phenoxy) is 1. The largest absolute Gasteiger partial charge is 0.495 e. The van der Waals surface area contributed by atoms with Crippen molar-refractivity contribution in [1.29, 1.82) is 0 Å². The minimum absolute atomic E-state index is 0.113. The van der Waals surface area contributed by atoms with Gasteiger partial charge in [0.1, 0.15) is 5.75 Å². The van der Waals surface area contributed by atoms with Gasteiger partial charge in [-0.1, -0.05) is 23.2 Å². The van der Waals surface area contributed by atoms with E-state index >= 15 is 0 Å². The Morgan fingerprint density at radius 2 is 1.82 bits per heavy atom. The highest BCUT2D eigenvalue weighted by molar-refractivity contribution is 6.33. The third-order valence-electron chi connectivity index (χ3n) is 4.61. The SMILES string of the molecule is CCNC(=O)Cc1c(C)n(C(=O)c2ccc(Cl)cc2)c2cc(Cl)c(OC)cc12. The highest BCUT2D eigenvalue weighted by atomic mass is 35.5. The normalized spacial score (nSPS) is 10.9. The summed E-state index contributed by atoms with van der Waals surface area (Å²) in [6, 6.07) is 10.1. The molecule has 2 aromatic carbocycles. The average Bonchev–Trinajstić information content (AvgIpc) is 2.92. The molecule has 0 aliphatic carbocycles.